The van der Waals surface area contributed by atoms with Gasteiger partial charge in [0.05, 0.1) is 11.0 Å². The van der Waals surface area contributed by atoms with E-state index in [9.17, 15) is 0 Å². The lowest BCUT2D eigenvalue weighted by Gasteiger charge is -2.05. The van der Waals surface area contributed by atoms with Crippen molar-refractivity contribution in [3.63, 3.8) is 0 Å². The number of fused-ring (bicyclic) bond motifs is 1. The van der Waals surface area contributed by atoms with Crippen LogP contribution in [0.25, 0.3) is 40.5 Å². The summed E-state index contributed by atoms with van der Waals surface area (Å²) in [5, 5.41) is 10.7. The second-order valence-corrected chi connectivity index (χ2v) is 8.12. The van der Waals surface area contributed by atoms with Crippen LogP contribution in [-0.2, 0) is 0 Å². The first-order valence-corrected chi connectivity index (χ1v) is 11.5. The lowest BCUT2D eigenvalue weighted by Crippen LogP contribution is -2.22. The van der Waals surface area contributed by atoms with E-state index in [0.29, 0.717) is 0 Å². The summed E-state index contributed by atoms with van der Waals surface area (Å²) in [6.45, 7) is 14.4. The number of benzene rings is 1. The second-order valence-electron chi connectivity index (χ2n) is 8.12. The van der Waals surface area contributed by atoms with Crippen LogP contribution < -0.4 is 10.6 Å². The summed E-state index contributed by atoms with van der Waals surface area (Å²) in [6.07, 6.45) is 19.1. The van der Waals surface area contributed by atoms with Gasteiger partial charge >= 0.3 is 0 Å². The van der Waals surface area contributed by atoms with E-state index in [-0.39, 0.29) is 0 Å². The largest absolute Gasteiger partial charge is 0.353 e. The van der Waals surface area contributed by atoms with Gasteiger partial charge in [0.25, 0.3) is 0 Å². The highest BCUT2D eigenvalue weighted by molar-refractivity contribution is 5.97. The van der Waals surface area contributed by atoms with Crippen molar-refractivity contribution in [1.82, 2.24) is 15.2 Å². The van der Waals surface area contributed by atoms with Gasteiger partial charge < -0.3 is 4.98 Å². The lowest BCUT2D eigenvalue weighted by molar-refractivity contribution is 1.06. The van der Waals surface area contributed by atoms with Gasteiger partial charge in [0.2, 0.25) is 0 Å². The van der Waals surface area contributed by atoms with Gasteiger partial charge in [0, 0.05) is 16.1 Å². The van der Waals surface area contributed by atoms with Crippen LogP contribution in [0.3, 0.4) is 0 Å². The van der Waals surface area contributed by atoms with Crippen LogP contribution in [0.15, 0.2) is 90.1 Å². The van der Waals surface area contributed by atoms with E-state index in [2.05, 4.69) is 116 Å². The quantitative estimate of drug-likeness (QED) is 0.410. The number of allylic oxidation sites excluding steroid dienone is 11. The molecule has 1 aliphatic rings. The van der Waals surface area contributed by atoms with Gasteiger partial charge in [0.1, 0.15) is 5.69 Å². The van der Waals surface area contributed by atoms with Crippen LogP contribution in [0.5, 0.6) is 0 Å². The van der Waals surface area contributed by atoms with Gasteiger partial charge in [-0.15, -0.1) is 0 Å². The summed E-state index contributed by atoms with van der Waals surface area (Å²) in [5.41, 5.74) is 8.94. The number of hydrogen-bond donors (Lipinski definition) is 2. The highest BCUT2D eigenvalue weighted by atomic mass is 15.1. The molecule has 3 nitrogen and oxygen atoms in total. The van der Waals surface area contributed by atoms with Crippen molar-refractivity contribution in [3.05, 3.63) is 106 Å². The fourth-order valence-corrected chi connectivity index (χ4v) is 4.27. The van der Waals surface area contributed by atoms with Crippen molar-refractivity contribution < 1.29 is 0 Å². The Bertz CT molecular complexity index is 1460. The molecule has 0 atom stereocenters. The van der Waals surface area contributed by atoms with Crippen LogP contribution in [0.4, 0.5) is 0 Å². The van der Waals surface area contributed by atoms with Gasteiger partial charge in [-0.05, 0) is 72.8 Å². The van der Waals surface area contributed by atoms with Crippen LogP contribution in [0.1, 0.15) is 39.2 Å². The molecule has 0 saturated carbocycles. The fraction of sp³-hybridized carbons (Fsp3) is 0.167. The Labute approximate surface area is 195 Å². The number of aromatic nitrogens is 3. The smallest absolute Gasteiger partial charge is 0.116 e. The molecule has 2 N–H and O–H groups in total. The molecular formula is C30H31N3. The van der Waals surface area contributed by atoms with Crippen LogP contribution in [-0.4, -0.2) is 15.2 Å². The first-order valence-electron chi connectivity index (χ1n) is 11.5. The lowest BCUT2D eigenvalue weighted by atomic mass is 9.99. The molecule has 166 valence electrons. The summed E-state index contributed by atoms with van der Waals surface area (Å²) in [7, 11) is 0. The average Bonchev–Trinajstić information content (AvgIpc) is 3.58. The summed E-state index contributed by atoms with van der Waals surface area (Å²) < 4.78 is 0. The number of hydrogen-bond acceptors (Lipinski definition) is 1. The average molecular weight is 434 g/mol. The Hall–Kier alpha value is -3.85. The molecule has 0 spiro atoms. The fourth-order valence-electron chi connectivity index (χ4n) is 4.27. The zero-order chi connectivity index (χ0) is 23.4. The summed E-state index contributed by atoms with van der Waals surface area (Å²) in [6, 6.07) is 8.59. The van der Waals surface area contributed by atoms with E-state index in [0.717, 1.165) is 51.5 Å². The third-order valence-corrected chi connectivity index (χ3v) is 6.15. The van der Waals surface area contributed by atoms with Crippen molar-refractivity contribution in [2.45, 2.75) is 33.6 Å². The van der Waals surface area contributed by atoms with Crippen LogP contribution in [0.2, 0.25) is 0 Å². The summed E-state index contributed by atoms with van der Waals surface area (Å²) in [5.74, 6) is 0. The maximum Gasteiger partial charge on any atom is 0.116 e. The first-order chi connectivity index (χ1) is 16.1. The minimum absolute atomic E-state index is 0.795. The third-order valence-electron chi connectivity index (χ3n) is 6.15. The van der Waals surface area contributed by atoms with Crippen molar-refractivity contribution in [2.24, 2.45) is 0 Å². The van der Waals surface area contributed by atoms with Crippen LogP contribution in [0, 0.1) is 0 Å². The minimum Gasteiger partial charge on any atom is -0.353 e. The molecule has 3 heteroatoms. The summed E-state index contributed by atoms with van der Waals surface area (Å²) in [4.78, 5) is 3.57. The molecule has 3 aromatic rings. The maximum atomic E-state index is 4.62. The van der Waals surface area contributed by atoms with E-state index in [4.69, 9.17) is 0 Å². The normalized spacial score (nSPS) is 15.5. The zero-order valence-corrected chi connectivity index (χ0v) is 19.7. The number of nitrogens with one attached hydrogen (secondary N) is 2. The number of rotatable bonds is 7. The standard InChI is InChI=1S/C30H31N3/c1-6-21(7-2)17-22(8-3)23(9-4)18-26-20(5)32-33-30(26)29-19-27-25(24-13-10-11-14-24)15-12-16-28(27)31-29/h6,8-10,12-19,31-32H,1,5,7,11H2,2-4H3/b21-17+,22-8+,23-9+,26-18+. The molecule has 0 unspecified atom stereocenters. The van der Waals surface area contributed by atoms with Gasteiger partial charge in [-0.2, -0.15) is 5.10 Å². The van der Waals surface area contributed by atoms with E-state index in [1.54, 1.807) is 0 Å². The third kappa shape index (κ3) is 4.40. The Morgan fingerprint density at radius 2 is 2.00 bits per heavy atom. The predicted octanol–water partition coefficient (Wildman–Crippen LogP) is 6.51. The van der Waals surface area contributed by atoms with Gasteiger partial charge in [-0.1, -0.05) is 74.7 Å². The monoisotopic (exact) mass is 433 g/mol. The molecule has 1 aromatic carbocycles. The Kier molecular flexibility index (Phi) is 6.60. The summed E-state index contributed by atoms with van der Waals surface area (Å²) >= 11 is 0. The van der Waals surface area contributed by atoms with E-state index < -0.39 is 0 Å². The van der Waals surface area contributed by atoms with Crippen molar-refractivity contribution >= 4 is 29.1 Å². The highest BCUT2D eigenvalue weighted by Crippen LogP contribution is 2.31. The molecule has 4 rings (SSSR count). The molecular weight excluding hydrogens is 402 g/mol. The minimum atomic E-state index is 0.795. The number of H-pyrrole nitrogens is 2. The Morgan fingerprint density at radius 1 is 1.18 bits per heavy atom. The highest BCUT2D eigenvalue weighted by Gasteiger charge is 2.13. The molecule has 0 amide bonds. The van der Waals surface area contributed by atoms with Crippen molar-refractivity contribution in [3.8, 4) is 11.4 Å². The van der Waals surface area contributed by atoms with E-state index >= 15 is 0 Å². The molecule has 2 aromatic heterocycles. The van der Waals surface area contributed by atoms with Gasteiger partial charge in [0.15, 0.2) is 0 Å². The Balaban J connectivity index is 1.84. The molecule has 0 radical (unpaired) electrons. The molecule has 1 aliphatic carbocycles. The van der Waals surface area contributed by atoms with Crippen molar-refractivity contribution in [1.29, 1.82) is 0 Å². The van der Waals surface area contributed by atoms with Crippen molar-refractivity contribution in [2.75, 3.05) is 0 Å². The molecule has 0 aliphatic heterocycles. The second kappa shape index (κ2) is 9.74. The zero-order valence-electron chi connectivity index (χ0n) is 19.7. The maximum absolute atomic E-state index is 4.62. The first kappa shape index (κ1) is 22.3. The molecule has 0 fully saturated rings. The number of nitrogens with zero attached hydrogens (tertiary/aromatic N) is 1. The number of aromatic amines is 2. The molecule has 0 bridgehead atoms. The molecule has 0 saturated heterocycles. The Morgan fingerprint density at radius 3 is 2.67 bits per heavy atom. The van der Waals surface area contributed by atoms with E-state index in [1.807, 2.05) is 6.08 Å². The van der Waals surface area contributed by atoms with Crippen LogP contribution >= 0.6 is 0 Å². The van der Waals surface area contributed by atoms with E-state index in [1.165, 1.54) is 22.1 Å². The molecule has 33 heavy (non-hydrogen) atoms. The van der Waals surface area contributed by atoms with Gasteiger partial charge in [-0.3, -0.25) is 5.10 Å². The molecule has 2 heterocycles. The SMILES string of the molecule is C=C\C(=C/C(=C\C)C(/C=c1/c(-c2cc3c(C4=CCC=C4)cccc3[nH]2)n[nH]c1=C)=C/C)CC. The van der Waals surface area contributed by atoms with Gasteiger partial charge in [-0.25, -0.2) is 0 Å². The predicted molar refractivity (Wildman–Crippen MR) is 143 cm³/mol. The topological polar surface area (TPSA) is 44.5 Å².